The SMILES string of the molecule is CCC(C)C(NS(=O)(=O)c1ccc(C(C)(C)C)cc1)C(=O)Nc1nnc(-c2ccc(N(C)C)cc2)s1. The number of hydrogen-bond acceptors (Lipinski definition) is 7. The molecule has 0 bridgehead atoms. The van der Waals surface area contributed by atoms with Crippen LogP contribution in [0.3, 0.4) is 0 Å². The van der Waals surface area contributed by atoms with E-state index in [1.165, 1.54) is 11.3 Å². The van der Waals surface area contributed by atoms with Crippen molar-refractivity contribution in [3.63, 3.8) is 0 Å². The first-order chi connectivity index (χ1) is 16.8. The number of benzene rings is 2. The van der Waals surface area contributed by atoms with Crippen molar-refractivity contribution in [3.8, 4) is 10.6 Å². The Bertz CT molecular complexity index is 1280. The lowest BCUT2D eigenvalue weighted by Gasteiger charge is -2.23. The molecule has 1 aromatic heterocycles. The lowest BCUT2D eigenvalue weighted by molar-refractivity contribution is -0.118. The van der Waals surface area contributed by atoms with Gasteiger partial charge in [0.05, 0.1) is 4.90 Å². The summed E-state index contributed by atoms with van der Waals surface area (Å²) in [5.74, 6) is -0.704. The zero-order valence-electron chi connectivity index (χ0n) is 21.9. The average Bonchev–Trinajstić information content (AvgIpc) is 3.30. The molecule has 2 unspecified atom stereocenters. The summed E-state index contributed by atoms with van der Waals surface area (Å²) in [7, 11) is 0.0269. The molecule has 10 heteroatoms. The van der Waals surface area contributed by atoms with Crippen LogP contribution in [0, 0.1) is 5.92 Å². The molecule has 0 aliphatic carbocycles. The van der Waals surface area contributed by atoms with Crippen LogP contribution in [0.5, 0.6) is 0 Å². The Morgan fingerprint density at radius 1 is 1.03 bits per heavy atom. The maximum absolute atomic E-state index is 13.2. The van der Waals surface area contributed by atoms with Gasteiger partial charge in [0.15, 0.2) is 0 Å². The van der Waals surface area contributed by atoms with Gasteiger partial charge in [-0.15, -0.1) is 10.2 Å². The fraction of sp³-hybridized carbons (Fsp3) is 0.423. The van der Waals surface area contributed by atoms with Crippen LogP contribution in [0.25, 0.3) is 10.6 Å². The Kier molecular flexibility index (Phi) is 8.53. The van der Waals surface area contributed by atoms with Gasteiger partial charge in [-0.05, 0) is 53.3 Å². The Labute approximate surface area is 218 Å². The van der Waals surface area contributed by atoms with E-state index in [9.17, 15) is 13.2 Å². The van der Waals surface area contributed by atoms with Crippen LogP contribution >= 0.6 is 11.3 Å². The Balaban J connectivity index is 1.76. The standard InChI is InChI=1S/C26H35N5O3S2/c1-8-17(2)22(30-36(33,34)21-15-11-19(12-16-21)26(3,4)5)23(32)27-25-29-28-24(35-25)18-9-13-20(14-10-18)31(6)7/h9-17,22,30H,8H2,1-7H3,(H,27,29,32). The van der Waals surface area contributed by atoms with Crippen LogP contribution in [0.4, 0.5) is 10.8 Å². The van der Waals surface area contributed by atoms with E-state index in [1.54, 1.807) is 24.3 Å². The lowest BCUT2D eigenvalue weighted by Crippen LogP contribution is -2.47. The highest BCUT2D eigenvalue weighted by molar-refractivity contribution is 7.89. The topological polar surface area (TPSA) is 104 Å². The number of carbonyl (C=O) groups excluding carboxylic acids is 1. The van der Waals surface area contributed by atoms with E-state index >= 15 is 0 Å². The largest absolute Gasteiger partial charge is 0.378 e. The van der Waals surface area contributed by atoms with Crippen LogP contribution in [0.15, 0.2) is 53.4 Å². The highest BCUT2D eigenvalue weighted by Gasteiger charge is 2.30. The molecule has 2 aromatic carbocycles. The number of aromatic nitrogens is 2. The van der Waals surface area contributed by atoms with Crippen molar-refractivity contribution in [2.75, 3.05) is 24.3 Å². The van der Waals surface area contributed by atoms with Crippen molar-refractivity contribution in [2.24, 2.45) is 5.92 Å². The van der Waals surface area contributed by atoms with Crippen LogP contribution < -0.4 is 14.9 Å². The first kappa shape index (κ1) is 27.8. The van der Waals surface area contributed by atoms with Gasteiger partial charge in [0.2, 0.25) is 21.1 Å². The minimum absolute atomic E-state index is 0.0934. The van der Waals surface area contributed by atoms with Gasteiger partial charge in [-0.3, -0.25) is 10.1 Å². The molecule has 1 heterocycles. The maximum atomic E-state index is 13.2. The number of sulfonamides is 1. The molecule has 8 nitrogen and oxygen atoms in total. The molecule has 0 aliphatic heterocycles. The molecule has 0 aliphatic rings. The summed E-state index contributed by atoms with van der Waals surface area (Å²) in [6, 6.07) is 13.7. The summed E-state index contributed by atoms with van der Waals surface area (Å²) < 4.78 is 28.9. The Morgan fingerprint density at radius 3 is 2.17 bits per heavy atom. The second kappa shape index (κ2) is 11.1. The van der Waals surface area contributed by atoms with Gasteiger partial charge in [-0.2, -0.15) is 4.72 Å². The molecule has 194 valence electrons. The smallest absolute Gasteiger partial charge is 0.244 e. The van der Waals surface area contributed by atoms with Crippen molar-refractivity contribution < 1.29 is 13.2 Å². The Morgan fingerprint density at radius 2 is 1.64 bits per heavy atom. The van der Waals surface area contributed by atoms with Crippen LogP contribution in [-0.4, -0.2) is 44.7 Å². The zero-order valence-corrected chi connectivity index (χ0v) is 23.5. The van der Waals surface area contributed by atoms with Gasteiger partial charge in [-0.25, -0.2) is 8.42 Å². The second-order valence-electron chi connectivity index (χ2n) is 10.1. The van der Waals surface area contributed by atoms with Crippen molar-refractivity contribution in [1.82, 2.24) is 14.9 Å². The molecule has 0 saturated heterocycles. The average molecular weight is 530 g/mol. The quantitative estimate of drug-likeness (QED) is 0.409. The summed E-state index contributed by atoms with van der Waals surface area (Å²) in [6.07, 6.45) is 0.614. The molecule has 36 heavy (non-hydrogen) atoms. The minimum Gasteiger partial charge on any atom is -0.378 e. The number of nitrogens with one attached hydrogen (secondary N) is 2. The van der Waals surface area contributed by atoms with Gasteiger partial charge >= 0.3 is 0 Å². The predicted octanol–water partition coefficient (Wildman–Crippen LogP) is 4.90. The summed E-state index contributed by atoms with van der Waals surface area (Å²) >= 11 is 1.24. The number of carbonyl (C=O) groups is 1. The molecule has 3 aromatic rings. The molecule has 0 spiro atoms. The normalized spacial score (nSPS) is 13.8. The summed E-state index contributed by atoms with van der Waals surface area (Å²) in [6.45, 7) is 9.95. The molecule has 3 rings (SSSR count). The summed E-state index contributed by atoms with van der Waals surface area (Å²) in [4.78, 5) is 15.3. The van der Waals surface area contributed by atoms with E-state index in [0.717, 1.165) is 16.8 Å². The van der Waals surface area contributed by atoms with E-state index in [0.29, 0.717) is 16.6 Å². The van der Waals surface area contributed by atoms with E-state index in [1.807, 2.05) is 57.1 Å². The molecular weight excluding hydrogens is 494 g/mol. The van der Waals surface area contributed by atoms with Gasteiger partial charge in [0.1, 0.15) is 11.0 Å². The van der Waals surface area contributed by atoms with Crippen LogP contribution in [0.2, 0.25) is 0 Å². The fourth-order valence-corrected chi connectivity index (χ4v) is 5.56. The lowest BCUT2D eigenvalue weighted by atomic mass is 9.87. The van der Waals surface area contributed by atoms with Crippen molar-refractivity contribution in [3.05, 3.63) is 54.1 Å². The van der Waals surface area contributed by atoms with Crippen molar-refractivity contribution >= 4 is 38.1 Å². The first-order valence-electron chi connectivity index (χ1n) is 11.9. The number of hydrogen-bond donors (Lipinski definition) is 2. The summed E-state index contributed by atoms with van der Waals surface area (Å²) in [5, 5.41) is 12.0. The third-order valence-corrected chi connectivity index (χ3v) is 8.44. The van der Waals surface area contributed by atoms with Crippen LogP contribution in [-0.2, 0) is 20.2 Å². The van der Waals surface area contributed by atoms with Gasteiger partial charge in [-0.1, -0.05) is 64.5 Å². The number of anilines is 2. The second-order valence-corrected chi connectivity index (χ2v) is 12.8. The van der Waals surface area contributed by atoms with Gasteiger partial charge in [0.25, 0.3) is 0 Å². The summed E-state index contributed by atoms with van der Waals surface area (Å²) in [5.41, 5.74) is 2.88. The predicted molar refractivity (Wildman–Crippen MR) is 147 cm³/mol. The third kappa shape index (κ3) is 6.68. The number of amides is 1. The van der Waals surface area contributed by atoms with E-state index < -0.39 is 22.0 Å². The highest BCUT2D eigenvalue weighted by Crippen LogP contribution is 2.28. The minimum atomic E-state index is -3.91. The van der Waals surface area contributed by atoms with Crippen molar-refractivity contribution in [2.45, 2.75) is 57.4 Å². The van der Waals surface area contributed by atoms with Crippen molar-refractivity contribution in [1.29, 1.82) is 0 Å². The van der Waals surface area contributed by atoms with E-state index in [2.05, 4.69) is 41.0 Å². The fourth-order valence-electron chi connectivity index (χ4n) is 3.51. The van der Waals surface area contributed by atoms with Crippen LogP contribution in [0.1, 0.15) is 46.6 Å². The van der Waals surface area contributed by atoms with Gasteiger partial charge < -0.3 is 4.90 Å². The molecule has 2 atom stereocenters. The van der Waals surface area contributed by atoms with E-state index in [-0.39, 0.29) is 16.2 Å². The Hall–Kier alpha value is -2.82. The molecular formula is C26H35N5O3S2. The molecule has 0 radical (unpaired) electrons. The monoisotopic (exact) mass is 529 g/mol. The molecule has 1 amide bonds. The van der Waals surface area contributed by atoms with Gasteiger partial charge in [0, 0.05) is 25.3 Å². The maximum Gasteiger partial charge on any atom is 0.244 e. The molecule has 0 saturated carbocycles. The highest BCUT2D eigenvalue weighted by atomic mass is 32.2. The number of rotatable bonds is 9. The number of nitrogens with zero attached hydrogens (tertiary/aromatic N) is 3. The first-order valence-corrected chi connectivity index (χ1v) is 14.2. The third-order valence-electron chi connectivity index (χ3n) is 6.09. The molecule has 0 fully saturated rings. The molecule has 2 N–H and O–H groups in total. The van der Waals surface area contributed by atoms with E-state index in [4.69, 9.17) is 0 Å². The zero-order chi connectivity index (χ0) is 26.7.